The first-order chi connectivity index (χ1) is 22.9. The van der Waals surface area contributed by atoms with Gasteiger partial charge in [-0.25, -0.2) is 0 Å². The van der Waals surface area contributed by atoms with Crippen LogP contribution in [0.1, 0.15) is 0 Å². The van der Waals surface area contributed by atoms with Crippen LogP contribution in [0.3, 0.4) is 0 Å². The average molecular weight is 709 g/mol. The summed E-state index contributed by atoms with van der Waals surface area (Å²) in [7, 11) is 0. The first-order valence-electron chi connectivity index (χ1n) is 15.3. The van der Waals surface area contributed by atoms with E-state index in [2.05, 4.69) is 0 Å². The van der Waals surface area contributed by atoms with Gasteiger partial charge in [0, 0.05) is 0 Å². The minimum Gasteiger partial charge on any atom is -0.394 e. The smallest absolute Gasteiger partial charge is 0.187 e. The average Bonchev–Trinajstić information content (AvgIpc) is 3.82. The maximum atomic E-state index is 11.3. The fourth-order valence-electron chi connectivity index (χ4n) is 6.18. The van der Waals surface area contributed by atoms with Crippen molar-refractivity contribution >= 4 is 0 Å². The molecule has 0 radical (unpaired) electrons. The number of ether oxygens (including phenoxy) is 9. The Morgan fingerprint density at radius 3 is 1.27 bits per heavy atom. The van der Waals surface area contributed by atoms with Gasteiger partial charge in [-0.05, 0) is 0 Å². The molecule has 48 heavy (non-hydrogen) atoms. The van der Waals surface area contributed by atoms with Crippen molar-refractivity contribution in [1.82, 2.24) is 0 Å². The van der Waals surface area contributed by atoms with E-state index in [-0.39, 0.29) is 0 Å². The fraction of sp³-hybridized carbons (Fsp3) is 1.00. The molecule has 0 unspecified atom stereocenters. The Morgan fingerprint density at radius 2 is 0.812 bits per heavy atom. The van der Waals surface area contributed by atoms with E-state index in [1.807, 2.05) is 0 Å². The zero-order valence-corrected chi connectivity index (χ0v) is 25.1. The lowest BCUT2D eigenvalue weighted by Crippen LogP contribution is -2.49. The molecule has 22 nitrogen and oxygen atoms in total. The predicted octanol–water partition coefficient (Wildman–Crippen LogP) is -9.37. The summed E-state index contributed by atoms with van der Waals surface area (Å²) < 4.78 is 49.8. The second-order valence-corrected chi connectivity index (χ2v) is 12.0. The van der Waals surface area contributed by atoms with Gasteiger partial charge in [-0.15, -0.1) is 0 Å². The van der Waals surface area contributed by atoms with E-state index in [4.69, 9.17) is 42.6 Å². The molecule has 0 saturated carbocycles. The summed E-state index contributed by atoms with van der Waals surface area (Å²) in [6.45, 7) is -3.77. The number of hydrogen-bond donors (Lipinski definition) is 13. The van der Waals surface area contributed by atoms with Crippen LogP contribution >= 0.6 is 0 Å². The standard InChI is InChI=1S/C26H44O22/c27-1-6(32)17-18(45-25-20(13(35)9(4-30)42-25)47-23-15(37)11(33)7(2-28)41-23)16(38)24(44-17)48-21-14(36)10(5-31)43-26(21)46-19-12(34)8(3-29)40-22(19)39/h6-39H,1-5H2/t6-,7+,8+,9+,10+,11+,12+,13+,14+,15-,16-,17+,18-,19-,20-,21-,22-,23+,24+,25+,26-/m1/s1. The summed E-state index contributed by atoms with van der Waals surface area (Å²) in [5, 5.41) is 132. The first kappa shape index (κ1) is 38.4. The molecule has 0 spiro atoms. The molecule has 5 fully saturated rings. The third kappa shape index (κ3) is 7.38. The number of aliphatic hydroxyl groups is 13. The second kappa shape index (κ2) is 16.2. The molecule has 22 heteroatoms. The monoisotopic (exact) mass is 708 g/mol. The molecule has 0 aromatic rings. The quantitative estimate of drug-likeness (QED) is 0.0796. The van der Waals surface area contributed by atoms with Gasteiger partial charge < -0.3 is 109 Å². The van der Waals surface area contributed by atoms with Gasteiger partial charge in [0.05, 0.1) is 33.0 Å². The molecule has 0 amide bonds. The first-order valence-corrected chi connectivity index (χ1v) is 15.3. The molecule has 5 aliphatic rings. The van der Waals surface area contributed by atoms with Crippen LogP contribution < -0.4 is 0 Å². The van der Waals surface area contributed by atoms with Crippen LogP contribution in [0.25, 0.3) is 0 Å². The van der Waals surface area contributed by atoms with Gasteiger partial charge in [0.15, 0.2) is 31.5 Å². The lowest BCUT2D eigenvalue weighted by molar-refractivity contribution is -0.274. The van der Waals surface area contributed by atoms with Crippen LogP contribution in [-0.4, -0.2) is 229 Å². The van der Waals surface area contributed by atoms with Gasteiger partial charge in [0.2, 0.25) is 0 Å². The Labute approximate surface area is 271 Å². The molecule has 5 aliphatic heterocycles. The number of hydrogen-bond acceptors (Lipinski definition) is 22. The van der Waals surface area contributed by atoms with E-state index in [0.717, 1.165) is 0 Å². The van der Waals surface area contributed by atoms with Gasteiger partial charge in [-0.3, -0.25) is 0 Å². The summed E-state index contributed by atoms with van der Waals surface area (Å²) in [4.78, 5) is 0. The number of rotatable bonds is 14. The molecule has 5 saturated heterocycles. The van der Waals surface area contributed by atoms with Gasteiger partial charge in [-0.1, -0.05) is 0 Å². The predicted molar refractivity (Wildman–Crippen MR) is 142 cm³/mol. The van der Waals surface area contributed by atoms with Crippen LogP contribution in [0.4, 0.5) is 0 Å². The Kier molecular flexibility index (Phi) is 12.9. The minimum atomic E-state index is -1.88. The van der Waals surface area contributed by atoms with Crippen LogP contribution in [0.15, 0.2) is 0 Å². The largest absolute Gasteiger partial charge is 0.394 e. The van der Waals surface area contributed by atoms with E-state index in [1.165, 1.54) is 0 Å². The summed E-state index contributed by atoms with van der Waals surface area (Å²) >= 11 is 0. The summed E-state index contributed by atoms with van der Waals surface area (Å²) in [5.41, 5.74) is 0. The molecular formula is C26H44O22. The maximum Gasteiger partial charge on any atom is 0.187 e. The Hall–Kier alpha value is -0.880. The van der Waals surface area contributed by atoms with Crippen molar-refractivity contribution in [1.29, 1.82) is 0 Å². The Morgan fingerprint density at radius 1 is 0.417 bits per heavy atom. The fourth-order valence-corrected chi connectivity index (χ4v) is 6.18. The van der Waals surface area contributed by atoms with Crippen molar-refractivity contribution in [2.24, 2.45) is 0 Å². The van der Waals surface area contributed by atoms with Gasteiger partial charge >= 0.3 is 0 Å². The molecule has 0 aromatic carbocycles. The molecule has 0 aliphatic carbocycles. The van der Waals surface area contributed by atoms with Crippen molar-refractivity contribution in [2.75, 3.05) is 33.0 Å². The zero-order valence-electron chi connectivity index (χ0n) is 25.1. The van der Waals surface area contributed by atoms with Crippen LogP contribution in [-0.2, 0) is 42.6 Å². The minimum absolute atomic E-state index is 0.671. The highest BCUT2D eigenvalue weighted by Crippen LogP contribution is 2.37. The Balaban J connectivity index is 1.32. The molecule has 21 atom stereocenters. The van der Waals surface area contributed by atoms with Gasteiger partial charge in [0.1, 0.15) is 97.7 Å². The van der Waals surface area contributed by atoms with Crippen molar-refractivity contribution in [3.05, 3.63) is 0 Å². The van der Waals surface area contributed by atoms with E-state index < -0.39 is 162 Å². The number of aliphatic hydroxyl groups excluding tert-OH is 13. The van der Waals surface area contributed by atoms with Crippen LogP contribution in [0.5, 0.6) is 0 Å². The van der Waals surface area contributed by atoms with Crippen molar-refractivity contribution in [3.63, 3.8) is 0 Å². The lowest BCUT2D eigenvalue weighted by atomic mass is 10.1. The summed E-state index contributed by atoms with van der Waals surface area (Å²) in [5.74, 6) is 0. The molecule has 280 valence electrons. The van der Waals surface area contributed by atoms with Crippen LogP contribution in [0.2, 0.25) is 0 Å². The van der Waals surface area contributed by atoms with E-state index >= 15 is 0 Å². The van der Waals surface area contributed by atoms with E-state index in [0.29, 0.717) is 0 Å². The Bertz CT molecular complexity index is 1010. The molecule has 0 bridgehead atoms. The molecule has 5 rings (SSSR count). The van der Waals surface area contributed by atoms with E-state index in [1.54, 1.807) is 0 Å². The highest BCUT2D eigenvalue weighted by Gasteiger charge is 2.58. The third-order valence-corrected chi connectivity index (χ3v) is 8.90. The lowest BCUT2D eigenvalue weighted by Gasteiger charge is -2.30. The van der Waals surface area contributed by atoms with Gasteiger partial charge in [0.25, 0.3) is 0 Å². The van der Waals surface area contributed by atoms with Crippen molar-refractivity contribution < 1.29 is 109 Å². The highest BCUT2D eigenvalue weighted by atomic mass is 16.8. The molecular weight excluding hydrogens is 664 g/mol. The van der Waals surface area contributed by atoms with Crippen LogP contribution in [0, 0.1) is 0 Å². The van der Waals surface area contributed by atoms with Crippen molar-refractivity contribution in [3.8, 4) is 0 Å². The molecule has 0 aromatic heterocycles. The topological polar surface area (TPSA) is 346 Å². The zero-order chi connectivity index (χ0) is 35.0. The normalized spacial score (nSPS) is 51.7. The molecule has 5 heterocycles. The maximum absolute atomic E-state index is 11.3. The highest BCUT2D eigenvalue weighted by molar-refractivity contribution is 4.98. The van der Waals surface area contributed by atoms with Gasteiger partial charge in [-0.2, -0.15) is 0 Å². The summed E-state index contributed by atoms with van der Waals surface area (Å²) in [6.07, 6.45) is -33.3. The van der Waals surface area contributed by atoms with Crippen molar-refractivity contribution in [2.45, 2.75) is 129 Å². The summed E-state index contributed by atoms with van der Waals surface area (Å²) in [6, 6.07) is 0. The van der Waals surface area contributed by atoms with E-state index in [9.17, 15) is 66.4 Å². The second-order valence-electron chi connectivity index (χ2n) is 12.0. The molecule has 13 N–H and O–H groups in total. The third-order valence-electron chi connectivity index (χ3n) is 8.90. The SMILES string of the molecule is OC[C@@H](O)[C@@H]1O[C@@H](O[C@H]2[C@@H](O[C@@H]3[C@@H](O)[C@H](CO)O[C@H]3O)O[C@@H](CO)[C@@H]2O)[C@H](O)[C@H]1O[C@@H]1O[C@@H](CO)[C@H](O)[C@H]1O[C@@H]1O[C@@H](CO)[C@H](O)[C@H]1O.